The fraction of sp³-hybridized carbons (Fsp3) is 0.250. The minimum Gasteiger partial charge on any atom is -0.0620 e. The Bertz CT molecular complexity index is 161. The monoisotopic (exact) mass is 315 g/mol. The van der Waals surface area contributed by atoms with E-state index in [9.17, 15) is 0 Å². The normalized spacial score (nSPS) is 8.22. The Labute approximate surface area is 75.4 Å². The van der Waals surface area contributed by atoms with E-state index in [1.54, 1.807) is 0 Å². The quantitative estimate of drug-likeness (QED) is 0.642. The molecule has 1 heteroatoms. The van der Waals surface area contributed by atoms with Gasteiger partial charge in [0.1, 0.15) is 0 Å². The van der Waals surface area contributed by atoms with Crippen LogP contribution in [-0.4, -0.2) is 26.2 Å². The fourth-order valence-corrected chi connectivity index (χ4v) is 0.663. The third-order valence-electron chi connectivity index (χ3n) is 1.43. The van der Waals surface area contributed by atoms with Crippen LogP contribution < -0.4 is 0 Å². The number of hydrogen-bond donors (Lipinski definition) is 0. The summed E-state index contributed by atoms with van der Waals surface area (Å²) in [5.41, 5.74) is 2.74. The third-order valence-corrected chi connectivity index (χ3v) is 1.43. The van der Waals surface area contributed by atoms with Crippen molar-refractivity contribution in [2.45, 2.75) is 13.8 Å². The molecule has 0 spiro atoms. The van der Waals surface area contributed by atoms with Gasteiger partial charge in [0.15, 0.2) is 0 Å². The van der Waals surface area contributed by atoms with Gasteiger partial charge in [-0.1, -0.05) is 24.3 Å². The van der Waals surface area contributed by atoms with Gasteiger partial charge in [-0.3, -0.25) is 0 Å². The van der Waals surface area contributed by atoms with Gasteiger partial charge >= 0.3 is 0 Å². The molecule has 47 valence electrons. The van der Waals surface area contributed by atoms with Crippen LogP contribution in [0.4, 0.5) is 0 Å². The third kappa shape index (κ3) is 2.45. The van der Waals surface area contributed by atoms with Crippen molar-refractivity contribution in [2.24, 2.45) is 0 Å². The SMILES string of the molecule is Cc1ccccc1C.[Bi]. The standard InChI is InChI=1S/C8H10.Bi/c1-7-5-3-4-6-8(7)2;/h3-6H,1-2H3;. The van der Waals surface area contributed by atoms with Crippen LogP contribution in [0.1, 0.15) is 11.1 Å². The first-order valence-corrected chi connectivity index (χ1v) is 2.83. The first-order valence-electron chi connectivity index (χ1n) is 2.83. The molecule has 0 heterocycles. The van der Waals surface area contributed by atoms with Gasteiger partial charge in [-0.05, 0) is 25.0 Å². The van der Waals surface area contributed by atoms with Crippen LogP contribution in [0, 0.1) is 13.8 Å². The molecule has 9 heavy (non-hydrogen) atoms. The number of rotatable bonds is 0. The minimum atomic E-state index is 0. The summed E-state index contributed by atoms with van der Waals surface area (Å²) in [7, 11) is 0. The Morgan fingerprint density at radius 3 is 1.44 bits per heavy atom. The predicted octanol–water partition coefficient (Wildman–Crippen LogP) is 1.92. The zero-order valence-corrected chi connectivity index (χ0v) is 9.23. The summed E-state index contributed by atoms with van der Waals surface area (Å²) < 4.78 is 0. The van der Waals surface area contributed by atoms with Crippen molar-refractivity contribution in [2.75, 3.05) is 0 Å². The largest absolute Gasteiger partial charge is 0.0620 e. The Balaban J connectivity index is 0.000000640. The van der Waals surface area contributed by atoms with Crippen molar-refractivity contribution in [3.8, 4) is 0 Å². The Morgan fingerprint density at radius 1 is 0.889 bits per heavy atom. The number of aryl methyl sites for hydroxylation is 2. The van der Waals surface area contributed by atoms with E-state index in [1.807, 2.05) is 0 Å². The van der Waals surface area contributed by atoms with Crippen molar-refractivity contribution in [3.05, 3.63) is 35.4 Å². The fourth-order valence-electron chi connectivity index (χ4n) is 0.663. The number of benzene rings is 1. The molecule has 0 saturated heterocycles. The molecule has 0 fully saturated rings. The van der Waals surface area contributed by atoms with Crippen LogP contribution in [0.5, 0.6) is 0 Å². The molecule has 0 bridgehead atoms. The predicted molar refractivity (Wildman–Crippen MR) is 41.7 cm³/mol. The minimum absolute atomic E-state index is 0. The van der Waals surface area contributed by atoms with Crippen LogP contribution >= 0.6 is 0 Å². The second kappa shape index (κ2) is 4.01. The molecular formula is C8H10Bi. The molecule has 0 atom stereocenters. The summed E-state index contributed by atoms with van der Waals surface area (Å²) in [4.78, 5) is 0. The van der Waals surface area contributed by atoms with Crippen molar-refractivity contribution in [1.82, 2.24) is 0 Å². The van der Waals surface area contributed by atoms with E-state index in [4.69, 9.17) is 0 Å². The van der Waals surface area contributed by atoms with Crippen molar-refractivity contribution in [3.63, 3.8) is 0 Å². The molecule has 1 aromatic carbocycles. The maximum absolute atomic E-state index is 2.12. The summed E-state index contributed by atoms with van der Waals surface area (Å²) in [6.45, 7) is 4.24. The molecule has 0 aliphatic rings. The zero-order chi connectivity index (χ0) is 5.98. The van der Waals surface area contributed by atoms with Crippen LogP contribution in [0.25, 0.3) is 0 Å². The molecule has 0 aliphatic carbocycles. The van der Waals surface area contributed by atoms with Crippen LogP contribution in [-0.2, 0) is 0 Å². The maximum Gasteiger partial charge on any atom is 0 e. The van der Waals surface area contributed by atoms with Crippen LogP contribution in [0.2, 0.25) is 0 Å². The topological polar surface area (TPSA) is 0 Å². The van der Waals surface area contributed by atoms with E-state index >= 15 is 0 Å². The summed E-state index contributed by atoms with van der Waals surface area (Å²) in [6.07, 6.45) is 0. The molecule has 3 radical (unpaired) electrons. The van der Waals surface area contributed by atoms with E-state index in [0.717, 1.165) is 0 Å². The molecule has 0 amide bonds. The van der Waals surface area contributed by atoms with Crippen LogP contribution in [0.3, 0.4) is 0 Å². The van der Waals surface area contributed by atoms with E-state index in [0.29, 0.717) is 0 Å². The first kappa shape index (κ1) is 9.10. The summed E-state index contributed by atoms with van der Waals surface area (Å²) >= 11 is 0. The molecule has 0 N–H and O–H groups in total. The molecule has 1 rings (SSSR count). The molecular weight excluding hydrogens is 305 g/mol. The van der Waals surface area contributed by atoms with E-state index in [2.05, 4.69) is 38.1 Å². The van der Waals surface area contributed by atoms with Crippen molar-refractivity contribution in [1.29, 1.82) is 0 Å². The molecule has 0 unspecified atom stereocenters. The van der Waals surface area contributed by atoms with Crippen molar-refractivity contribution < 1.29 is 0 Å². The van der Waals surface area contributed by atoms with Gasteiger partial charge in [-0.25, -0.2) is 0 Å². The van der Waals surface area contributed by atoms with Gasteiger partial charge in [0.2, 0.25) is 0 Å². The molecule has 0 nitrogen and oxygen atoms in total. The summed E-state index contributed by atoms with van der Waals surface area (Å²) in [6, 6.07) is 8.36. The van der Waals surface area contributed by atoms with Gasteiger partial charge < -0.3 is 0 Å². The molecule has 0 aromatic heterocycles. The van der Waals surface area contributed by atoms with E-state index in [-0.39, 0.29) is 26.2 Å². The Morgan fingerprint density at radius 2 is 1.22 bits per heavy atom. The second-order valence-electron chi connectivity index (χ2n) is 2.08. The Hall–Kier alpha value is 0.103. The van der Waals surface area contributed by atoms with Gasteiger partial charge in [0, 0.05) is 26.2 Å². The molecule has 0 aliphatic heterocycles. The Kier molecular flexibility index (Phi) is 4.05. The van der Waals surface area contributed by atoms with E-state index < -0.39 is 0 Å². The van der Waals surface area contributed by atoms with Crippen LogP contribution in [0.15, 0.2) is 24.3 Å². The molecule has 0 saturated carbocycles. The average molecular weight is 315 g/mol. The first-order chi connectivity index (χ1) is 3.80. The van der Waals surface area contributed by atoms with Gasteiger partial charge in [-0.15, -0.1) is 0 Å². The smallest absolute Gasteiger partial charge is 0 e. The van der Waals surface area contributed by atoms with E-state index in [1.165, 1.54) is 11.1 Å². The summed E-state index contributed by atoms with van der Waals surface area (Å²) in [5, 5.41) is 0. The molecule has 1 aromatic rings. The van der Waals surface area contributed by atoms with Gasteiger partial charge in [-0.2, -0.15) is 0 Å². The second-order valence-corrected chi connectivity index (χ2v) is 2.08. The van der Waals surface area contributed by atoms with Gasteiger partial charge in [0.25, 0.3) is 0 Å². The van der Waals surface area contributed by atoms with Gasteiger partial charge in [0.05, 0.1) is 0 Å². The average Bonchev–Trinajstić information content (AvgIpc) is 1.77. The number of hydrogen-bond acceptors (Lipinski definition) is 0. The summed E-state index contributed by atoms with van der Waals surface area (Å²) in [5.74, 6) is 0. The van der Waals surface area contributed by atoms with Crippen molar-refractivity contribution >= 4 is 26.2 Å². The maximum atomic E-state index is 2.12. The zero-order valence-electron chi connectivity index (χ0n) is 5.76.